The minimum Gasteiger partial charge on any atom is -0.480 e. The lowest BCUT2D eigenvalue weighted by Crippen LogP contribution is -2.42. The van der Waals surface area contributed by atoms with Crippen LogP contribution < -0.4 is 5.32 Å². The molecule has 5 heteroatoms. The Morgan fingerprint density at radius 1 is 1.19 bits per heavy atom. The van der Waals surface area contributed by atoms with Gasteiger partial charge in [-0.3, -0.25) is 4.79 Å². The Hall–Kier alpha value is -2.04. The van der Waals surface area contributed by atoms with E-state index in [1.807, 2.05) is 30.3 Å². The number of nitrogens with zero attached hydrogens (tertiary/aromatic N) is 1. The Balaban J connectivity index is 2.69. The highest BCUT2D eigenvalue weighted by molar-refractivity contribution is 5.79. The highest BCUT2D eigenvalue weighted by Gasteiger charge is 2.18. The molecule has 0 aliphatic rings. The van der Waals surface area contributed by atoms with Crippen molar-refractivity contribution in [1.29, 1.82) is 0 Å². The number of urea groups is 1. The molecule has 0 fully saturated rings. The summed E-state index contributed by atoms with van der Waals surface area (Å²) >= 11 is 0. The molecule has 0 saturated carbocycles. The van der Waals surface area contributed by atoms with Crippen molar-refractivity contribution < 1.29 is 14.7 Å². The van der Waals surface area contributed by atoms with E-state index in [1.54, 1.807) is 4.90 Å². The second-order valence-electron chi connectivity index (χ2n) is 6.27. The van der Waals surface area contributed by atoms with E-state index in [-0.39, 0.29) is 18.0 Å². The van der Waals surface area contributed by atoms with E-state index in [0.29, 0.717) is 13.1 Å². The van der Waals surface area contributed by atoms with Gasteiger partial charge in [0.1, 0.15) is 6.54 Å². The summed E-state index contributed by atoms with van der Waals surface area (Å²) in [6.45, 7) is 7.04. The standard InChI is InChI=1S/C16H24N2O3/c1-16(2,3)9-10-18(15(21)17-11-14(19)20)12-13-7-5-4-6-8-13/h4-8H,9-12H2,1-3H3,(H,17,21)(H,19,20). The van der Waals surface area contributed by atoms with Crippen LogP contribution in [0.25, 0.3) is 0 Å². The first kappa shape index (κ1) is 17.0. The maximum absolute atomic E-state index is 12.1. The zero-order valence-corrected chi connectivity index (χ0v) is 12.9. The predicted molar refractivity (Wildman–Crippen MR) is 82.0 cm³/mol. The van der Waals surface area contributed by atoms with Gasteiger partial charge < -0.3 is 15.3 Å². The van der Waals surface area contributed by atoms with Crippen LogP contribution in [0.15, 0.2) is 30.3 Å². The van der Waals surface area contributed by atoms with Crippen molar-refractivity contribution in [2.75, 3.05) is 13.1 Å². The smallest absolute Gasteiger partial charge is 0.323 e. The van der Waals surface area contributed by atoms with E-state index < -0.39 is 5.97 Å². The number of hydrogen-bond acceptors (Lipinski definition) is 2. The Labute approximate surface area is 126 Å². The summed E-state index contributed by atoms with van der Waals surface area (Å²) < 4.78 is 0. The number of nitrogens with one attached hydrogen (secondary N) is 1. The highest BCUT2D eigenvalue weighted by Crippen LogP contribution is 2.19. The van der Waals surface area contributed by atoms with Crippen molar-refractivity contribution in [2.45, 2.75) is 33.7 Å². The second-order valence-corrected chi connectivity index (χ2v) is 6.27. The third-order valence-electron chi connectivity index (χ3n) is 3.03. The summed E-state index contributed by atoms with van der Waals surface area (Å²) in [7, 11) is 0. The first-order chi connectivity index (χ1) is 9.78. The van der Waals surface area contributed by atoms with E-state index in [4.69, 9.17) is 5.11 Å². The number of carboxylic acid groups (broad SMARTS) is 1. The number of amides is 2. The number of carbonyl (C=O) groups is 2. The van der Waals surface area contributed by atoms with Crippen molar-refractivity contribution in [1.82, 2.24) is 10.2 Å². The molecule has 5 nitrogen and oxygen atoms in total. The molecule has 116 valence electrons. The van der Waals surface area contributed by atoms with Crippen LogP contribution in [-0.4, -0.2) is 35.1 Å². The summed E-state index contributed by atoms with van der Waals surface area (Å²) in [6, 6.07) is 9.33. The second kappa shape index (κ2) is 7.67. The molecule has 2 N–H and O–H groups in total. The normalized spacial score (nSPS) is 11.0. The summed E-state index contributed by atoms with van der Waals surface area (Å²) in [6.07, 6.45) is 0.848. The van der Waals surface area contributed by atoms with Gasteiger partial charge in [-0.2, -0.15) is 0 Å². The average molecular weight is 292 g/mol. The average Bonchev–Trinajstić information content (AvgIpc) is 2.41. The number of benzene rings is 1. The topological polar surface area (TPSA) is 69.6 Å². The quantitative estimate of drug-likeness (QED) is 0.847. The fourth-order valence-electron chi connectivity index (χ4n) is 1.79. The van der Waals surface area contributed by atoms with Crippen LogP contribution in [0.1, 0.15) is 32.8 Å². The molecule has 0 heterocycles. The van der Waals surface area contributed by atoms with Crippen molar-refractivity contribution in [2.24, 2.45) is 5.41 Å². The van der Waals surface area contributed by atoms with Gasteiger partial charge in [-0.15, -0.1) is 0 Å². The molecular formula is C16H24N2O3. The summed E-state index contributed by atoms with van der Waals surface area (Å²) in [4.78, 5) is 24.3. The van der Waals surface area contributed by atoms with Crippen LogP contribution in [0, 0.1) is 5.41 Å². The zero-order valence-electron chi connectivity index (χ0n) is 12.9. The summed E-state index contributed by atoms with van der Waals surface area (Å²) in [5.41, 5.74) is 1.14. The van der Waals surface area contributed by atoms with E-state index in [2.05, 4.69) is 26.1 Å². The maximum atomic E-state index is 12.1. The van der Waals surface area contributed by atoms with Gasteiger partial charge in [0, 0.05) is 13.1 Å². The minimum absolute atomic E-state index is 0.113. The van der Waals surface area contributed by atoms with Crippen LogP contribution in [0.3, 0.4) is 0 Å². The summed E-state index contributed by atoms with van der Waals surface area (Å²) in [5.74, 6) is -1.04. The van der Waals surface area contributed by atoms with Gasteiger partial charge in [-0.05, 0) is 17.4 Å². The number of rotatable bonds is 6. The van der Waals surface area contributed by atoms with Gasteiger partial charge in [-0.1, -0.05) is 51.1 Å². The molecule has 1 aromatic carbocycles. The highest BCUT2D eigenvalue weighted by atomic mass is 16.4. The van der Waals surface area contributed by atoms with Crippen LogP contribution in [0.2, 0.25) is 0 Å². The minimum atomic E-state index is -1.04. The summed E-state index contributed by atoms with van der Waals surface area (Å²) in [5, 5.41) is 11.1. The van der Waals surface area contributed by atoms with Gasteiger partial charge in [-0.25, -0.2) is 4.79 Å². The lowest BCUT2D eigenvalue weighted by atomic mass is 9.92. The molecule has 1 aromatic rings. The third kappa shape index (κ3) is 7.34. The van der Waals surface area contributed by atoms with Gasteiger partial charge in [0.05, 0.1) is 0 Å². The van der Waals surface area contributed by atoms with Crippen molar-refractivity contribution >= 4 is 12.0 Å². The van der Waals surface area contributed by atoms with Crippen LogP contribution in [-0.2, 0) is 11.3 Å². The van der Waals surface area contributed by atoms with Gasteiger partial charge >= 0.3 is 12.0 Å². The van der Waals surface area contributed by atoms with E-state index in [9.17, 15) is 9.59 Å². The Morgan fingerprint density at radius 3 is 2.33 bits per heavy atom. The van der Waals surface area contributed by atoms with Crippen LogP contribution in [0.4, 0.5) is 4.79 Å². The Bertz CT molecular complexity index is 466. The predicted octanol–water partition coefficient (Wildman–Crippen LogP) is 2.72. The molecule has 0 unspecified atom stereocenters. The molecule has 2 amide bonds. The zero-order chi connectivity index (χ0) is 15.9. The van der Waals surface area contributed by atoms with Crippen molar-refractivity contribution in [3.63, 3.8) is 0 Å². The van der Waals surface area contributed by atoms with Gasteiger partial charge in [0.15, 0.2) is 0 Å². The lowest BCUT2D eigenvalue weighted by molar-refractivity contribution is -0.135. The maximum Gasteiger partial charge on any atom is 0.323 e. The van der Waals surface area contributed by atoms with E-state index >= 15 is 0 Å². The van der Waals surface area contributed by atoms with Gasteiger partial charge in [0.25, 0.3) is 0 Å². The number of aliphatic carboxylic acids is 1. The molecule has 21 heavy (non-hydrogen) atoms. The molecule has 0 atom stereocenters. The number of carbonyl (C=O) groups excluding carboxylic acids is 1. The third-order valence-corrected chi connectivity index (χ3v) is 3.03. The Morgan fingerprint density at radius 2 is 1.81 bits per heavy atom. The first-order valence-corrected chi connectivity index (χ1v) is 7.06. The molecule has 0 radical (unpaired) electrons. The first-order valence-electron chi connectivity index (χ1n) is 7.06. The van der Waals surface area contributed by atoms with Crippen molar-refractivity contribution in [3.8, 4) is 0 Å². The Kier molecular flexibility index (Phi) is 6.21. The fraction of sp³-hybridized carbons (Fsp3) is 0.500. The largest absolute Gasteiger partial charge is 0.480 e. The van der Waals surface area contributed by atoms with Crippen molar-refractivity contribution in [3.05, 3.63) is 35.9 Å². The fourth-order valence-corrected chi connectivity index (χ4v) is 1.79. The molecular weight excluding hydrogens is 268 g/mol. The van der Waals surface area contributed by atoms with E-state index in [1.165, 1.54) is 0 Å². The van der Waals surface area contributed by atoms with Gasteiger partial charge in [0.2, 0.25) is 0 Å². The molecule has 1 rings (SSSR count). The lowest BCUT2D eigenvalue weighted by Gasteiger charge is -2.27. The number of carboxylic acids is 1. The van der Waals surface area contributed by atoms with Crippen LogP contribution in [0.5, 0.6) is 0 Å². The van der Waals surface area contributed by atoms with Crippen LogP contribution >= 0.6 is 0 Å². The molecule has 0 aliphatic heterocycles. The number of hydrogen-bond donors (Lipinski definition) is 2. The van der Waals surface area contributed by atoms with E-state index in [0.717, 1.165) is 12.0 Å². The molecule has 0 aromatic heterocycles. The monoisotopic (exact) mass is 292 g/mol. The molecule has 0 aliphatic carbocycles. The molecule has 0 saturated heterocycles. The SMILES string of the molecule is CC(C)(C)CCN(Cc1ccccc1)C(=O)NCC(=O)O. The molecule has 0 spiro atoms. The molecule has 0 bridgehead atoms.